The Kier molecular flexibility index (Phi) is 5.17. The van der Waals surface area contributed by atoms with Gasteiger partial charge in [0.25, 0.3) is 0 Å². The Labute approximate surface area is 147 Å². The number of fused-ring (bicyclic) bond motifs is 1. The van der Waals surface area contributed by atoms with Crippen LogP contribution in [0.3, 0.4) is 0 Å². The van der Waals surface area contributed by atoms with Gasteiger partial charge in [0, 0.05) is 18.5 Å². The number of carbonyl (C=O) groups excluding carboxylic acids is 1. The first-order chi connectivity index (χ1) is 11.8. The molecule has 1 saturated heterocycles. The molecule has 0 saturated carbocycles. The van der Waals surface area contributed by atoms with Crippen molar-refractivity contribution in [1.29, 1.82) is 0 Å². The van der Waals surface area contributed by atoms with Crippen LogP contribution in [0.5, 0.6) is 0 Å². The number of likely N-dealkylation sites (tertiary alicyclic amines) is 1. The number of hydrogen-bond donors (Lipinski definition) is 0. The van der Waals surface area contributed by atoms with Crippen molar-refractivity contribution in [1.82, 2.24) is 14.9 Å². The van der Waals surface area contributed by atoms with E-state index >= 15 is 0 Å². The summed E-state index contributed by atoms with van der Waals surface area (Å²) in [6.45, 7) is 3.51. The standard InChI is InChI=1S/C17H18F3N3OS/c1-11-5-4-8-23(9-11)14(24)10-25-15-12-6-2-3-7-13(12)21-16(22-15)17(18,19)20/h2-3,6-7,11H,4-5,8-10H2,1H3. The molecule has 0 spiro atoms. The van der Waals surface area contributed by atoms with Crippen molar-refractivity contribution in [2.24, 2.45) is 5.92 Å². The fourth-order valence-electron chi connectivity index (χ4n) is 2.92. The monoisotopic (exact) mass is 369 g/mol. The number of piperidine rings is 1. The van der Waals surface area contributed by atoms with E-state index in [0.29, 0.717) is 24.4 Å². The van der Waals surface area contributed by atoms with Gasteiger partial charge in [0.05, 0.1) is 11.3 Å². The van der Waals surface area contributed by atoms with Gasteiger partial charge in [0.2, 0.25) is 11.7 Å². The van der Waals surface area contributed by atoms with Crippen LogP contribution >= 0.6 is 11.8 Å². The van der Waals surface area contributed by atoms with E-state index in [1.807, 2.05) is 0 Å². The largest absolute Gasteiger partial charge is 0.451 e. The van der Waals surface area contributed by atoms with Gasteiger partial charge in [-0.15, -0.1) is 0 Å². The lowest BCUT2D eigenvalue weighted by atomic mass is 10.0. The highest BCUT2D eigenvalue weighted by Gasteiger charge is 2.35. The smallest absolute Gasteiger partial charge is 0.342 e. The van der Waals surface area contributed by atoms with E-state index in [1.165, 1.54) is 6.07 Å². The van der Waals surface area contributed by atoms with E-state index in [0.717, 1.165) is 24.6 Å². The molecule has 2 aromatic rings. The number of thioether (sulfide) groups is 1. The number of carbonyl (C=O) groups is 1. The highest BCUT2D eigenvalue weighted by molar-refractivity contribution is 8.00. The summed E-state index contributed by atoms with van der Waals surface area (Å²) in [5, 5.41) is 0.719. The summed E-state index contributed by atoms with van der Waals surface area (Å²) in [5.74, 6) is -0.703. The molecule has 0 bridgehead atoms. The fourth-order valence-corrected chi connectivity index (χ4v) is 3.84. The maximum atomic E-state index is 13.0. The summed E-state index contributed by atoms with van der Waals surface area (Å²) in [4.78, 5) is 21.4. The lowest BCUT2D eigenvalue weighted by molar-refractivity contribution is -0.145. The first-order valence-electron chi connectivity index (χ1n) is 8.09. The average Bonchev–Trinajstić information content (AvgIpc) is 2.58. The Morgan fingerprint density at radius 1 is 1.32 bits per heavy atom. The molecule has 1 amide bonds. The molecule has 1 aliphatic heterocycles. The van der Waals surface area contributed by atoms with Crippen molar-refractivity contribution in [3.8, 4) is 0 Å². The Morgan fingerprint density at radius 3 is 2.80 bits per heavy atom. The van der Waals surface area contributed by atoms with Crippen molar-refractivity contribution in [2.75, 3.05) is 18.8 Å². The van der Waals surface area contributed by atoms with Crippen molar-refractivity contribution in [2.45, 2.75) is 31.0 Å². The van der Waals surface area contributed by atoms with Gasteiger partial charge in [0.1, 0.15) is 5.03 Å². The molecule has 0 aliphatic carbocycles. The van der Waals surface area contributed by atoms with E-state index < -0.39 is 12.0 Å². The third-order valence-corrected chi connectivity index (χ3v) is 5.14. The summed E-state index contributed by atoms with van der Waals surface area (Å²) in [6, 6.07) is 6.54. The second kappa shape index (κ2) is 7.19. The summed E-state index contributed by atoms with van der Waals surface area (Å²) in [5.41, 5.74) is 0.228. The molecule has 1 aliphatic rings. The van der Waals surface area contributed by atoms with Gasteiger partial charge in [0.15, 0.2) is 0 Å². The minimum atomic E-state index is -4.62. The van der Waals surface area contributed by atoms with Crippen LogP contribution in [0, 0.1) is 5.92 Å². The normalized spacial score (nSPS) is 18.6. The highest BCUT2D eigenvalue weighted by atomic mass is 32.2. The minimum Gasteiger partial charge on any atom is -0.342 e. The number of alkyl halides is 3. The number of nitrogens with zero attached hydrogens (tertiary/aromatic N) is 3. The molecule has 1 unspecified atom stereocenters. The zero-order chi connectivity index (χ0) is 18.0. The Bertz CT molecular complexity index is 781. The molecule has 0 radical (unpaired) electrons. The van der Waals surface area contributed by atoms with Gasteiger partial charge in [-0.25, -0.2) is 9.97 Å². The number of para-hydroxylation sites is 1. The molecule has 1 aromatic carbocycles. The molecule has 25 heavy (non-hydrogen) atoms. The van der Waals surface area contributed by atoms with E-state index in [-0.39, 0.29) is 22.2 Å². The Hall–Kier alpha value is -1.83. The molecule has 134 valence electrons. The molecule has 2 heterocycles. The van der Waals surface area contributed by atoms with E-state index in [2.05, 4.69) is 16.9 Å². The maximum Gasteiger partial charge on any atom is 0.451 e. The van der Waals surface area contributed by atoms with Gasteiger partial charge in [-0.1, -0.05) is 36.9 Å². The van der Waals surface area contributed by atoms with Gasteiger partial charge in [-0.05, 0) is 24.8 Å². The molecule has 1 fully saturated rings. The number of halogens is 3. The quantitative estimate of drug-likeness (QED) is 0.606. The SMILES string of the molecule is CC1CCCN(C(=O)CSc2nc(C(F)(F)F)nc3ccccc23)C1. The molecular weight excluding hydrogens is 351 g/mol. The topological polar surface area (TPSA) is 46.1 Å². The number of amides is 1. The lowest BCUT2D eigenvalue weighted by Gasteiger charge is -2.30. The summed E-state index contributed by atoms with van der Waals surface area (Å²) < 4.78 is 39.1. The molecule has 1 atom stereocenters. The van der Waals surface area contributed by atoms with Gasteiger partial charge >= 0.3 is 6.18 Å². The zero-order valence-corrected chi connectivity index (χ0v) is 14.5. The summed E-state index contributed by atoms with van der Waals surface area (Å²) in [6.07, 6.45) is -2.56. The van der Waals surface area contributed by atoms with Crippen molar-refractivity contribution in [3.63, 3.8) is 0 Å². The van der Waals surface area contributed by atoms with Crippen molar-refractivity contribution < 1.29 is 18.0 Å². The predicted octanol–water partition coefficient (Wildman–Crippen LogP) is 4.00. The van der Waals surface area contributed by atoms with Crippen molar-refractivity contribution in [3.05, 3.63) is 30.1 Å². The lowest BCUT2D eigenvalue weighted by Crippen LogP contribution is -2.40. The second-order valence-corrected chi connectivity index (χ2v) is 7.21. The molecule has 0 N–H and O–H groups in total. The van der Waals surface area contributed by atoms with E-state index in [9.17, 15) is 18.0 Å². The first kappa shape index (κ1) is 18.0. The number of aromatic nitrogens is 2. The van der Waals surface area contributed by atoms with Crippen LogP contribution in [-0.2, 0) is 11.0 Å². The molecule has 8 heteroatoms. The predicted molar refractivity (Wildman–Crippen MR) is 90.2 cm³/mol. The molecule has 4 nitrogen and oxygen atoms in total. The van der Waals surface area contributed by atoms with E-state index in [4.69, 9.17) is 0 Å². The van der Waals surface area contributed by atoms with Crippen LogP contribution in [0.2, 0.25) is 0 Å². The first-order valence-corrected chi connectivity index (χ1v) is 9.07. The van der Waals surface area contributed by atoms with Crippen LogP contribution in [0.4, 0.5) is 13.2 Å². The third kappa shape index (κ3) is 4.23. The Balaban J connectivity index is 1.81. The second-order valence-electron chi connectivity index (χ2n) is 6.24. The van der Waals surface area contributed by atoms with Gasteiger partial charge in [-0.3, -0.25) is 4.79 Å². The van der Waals surface area contributed by atoms with Crippen LogP contribution in [0.25, 0.3) is 10.9 Å². The van der Waals surface area contributed by atoms with Gasteiger partial charge < -0.3 is 4.90 Å². The van der Waals surface area contributed by atoms with Crippen molar-refractivity contribution >= 4 is 28.6 Å². The minimum absolute atomic E-state index is 0.0622. The third-order valence-electron chi connectivity index (χ3n) is 4.16. The van der Waals surface area contributed by atoms with Crippen LogP contribution in [0.1, 0.15) is 25.6 Å². The Morgan fingerprint density at radius 2 is 2.08 bits per heavy atom. The summed E-state index contributed by atoms with van der Waals surface area (Å²) in [7, 11) is 0. The van der Waals surface area contributed by atoms with Crippen LogP contribution < -0.4 is 0 Å². The number of benzene rings is 1. The van der Waals surface area contributed by atoms with Gasteiger partial charge in [-0.2, -0.15) is 13.2 Å². The fraction of sp³-hybridized carbons (Fsp3) is 0.471. The highest BCUT2D eigenvalue weighted by Crippen LogP contribution is 2.32. The number of hydrogen-bond acceptors (Lipinski definition) is 4. The molecular formula is C17H18F3N3OS. The number of rotatable bonds is 3. The zero-order valence-electron chi connectivity index (χ0n) is 13.7. The molecule has 3 rings (SSSR count). The summed E-state index contributed by atoms with van der Waals surface area (Å²) >= 11 is 1.04. The van der Waals surface area contributed by atoms with Crippen LogP contribution in [-0.4, -0.2) is 39.6 Å². The van der Waals surface area contributed by atoms with Crippen LogP contribution in [0.15, 0.2) is 29.3 Å². The van der Waals surface area contributed by atoms with E-state index in [1.54, 1.807) is 23.1 Å². The average molecular weight is 369 g/mol. The molecule has 1 aromatic heterocycles. The maximum absolute atomic E-state index is 13.0.